The van der Waals surface area contributed by atoms with Gasteiger partial charge in [-0.1, -0.05) is 11.6 Å². The Morgan fingerprint density at radius 2 is 1.93 bits per heavy atom. The molecule has 15 heavy (non-hydrogen) atoms. The van der Waals surface area contributed by atoms with Crippen molar-refractivity contribution < 1.29 is 23.1 Å². The molecule has 0 unspecified atom stereocenters. The van der Waals surface area contributed by atoms with Crippen LogP contribution in [-0.4, -0.2) is 10.9 Å². The molecule has 0 aliphatic rings. The van der Waals surface area contributed by atoms with Crippen molar-refractivity contribution in [3.05, 3.63) is 28.3 Å². The van der Waals surface area contributed by atoms with Gasteiger partial charge in [-0.15, -0.1) is 0 Å². The quantitative estimate of drug-likeness (QED) is 0.763. The molecular weight excluding hydrogens is 233 g/mol. The molecule has 0 heterocycles. The van der Waals surface area contributed by atoms with Crippen LogP contribution in [0.1, 0.15) is 22.8 Å². The van der Waals surface area contributed by atoms with Gasteiger partial charge in [0.25, 0.3) is 0 Å². The van der Waals surface area contributed by atoms with E-state index in [1.807, 2.05) is 0 Å². The molecule has 1 aromatic carbocycles. The SMILES string of the molecule is CC(=O)c1c(Cl)ccc(O)c1C(F)(F)F. The first-order valence-corrected chi connectivity index (χ1v) is 4.22. The van der Waals surface area contributed by atoms with E-state index in [0.717, 1.165) is 19.1 Å². The Morgan fingerprint density at radius 3 is 2.27 bits per heavy atom. The minimum atomic E-state index is -4.81. The fourth-order valence-corrected chi connectivity index (χ4v) is 1.49. The Labute approximate surface area is 88.3 Å². The number of phenolic OH excluding ortho intramolecular Hbond substituents is 1. The lowest BCUT2D eigenvalue weighted by atomic mass is 10.0. The maximum atomic E-state index is 12.5. The van der Waals surface area contributed by atoms with Gasteiger partial charge in [0.1, 0.15) is 11.3 Å². The number of Topliss-reactive ketones (excluding diaryl/α,β-unsaturated/α-hetero) is 1. The predicted octanol–water partition coefficient (Wildman–Crippen LogP) is 3.27. The molecule has 0 saturated carbocycles. The third-order valence-electron chi connectivity index (χ3n) is 1.77. The van der Waals surface area contributed by atoms with Gasteiger partial charge < -0.3 is 5.11 Å². The molecule has 82 valence electrons. The molecule has 0 spiro atoms. The summed E-state index contributed by atoms with van der Waals surface area (Å²) in [6, 6.07) is 1.85. The molecule has 0 bridgehead atoms. The number of carbonyl (C=O) groups is 1. The number of ketones is 1. The van der Waals surface area contributed by atoms with Gasteiger partial charge in [0.15, 0.2) is 5.78 Å². The number of alkyl halides is 3. The second-order valence-corrected chi connectivity index (χ2v) is 3.28. The summed E-state index contributed by atoms with van der Waals surface area (Å²) >= 11 is 5.47. The Kier molecular flexibility index (Phi) is 2.95. The second kappa shape index (κ2) is 3.73. The highest BCUT2D eigenvalue weighted by atomic mass is 35.5. The molecule has 0 atom stereocenters. The van der Waals surface area contributed by atoms with Crippen molar-refractivity contribution >= 4 is 17.4 Å². The highest BCUT2D eigenvalue weighted by Crippen LogP contribution is 2.40. The smallest absolute Gasteiger partial charge is 0.420 e. The van der Waals surface area contributed by atoms with E-state index < -0.39 is 28.8 Å². The maximum Gasteiger partial charge on any atom is 0.420 e. The Morgan fingerprint density at radius 1 is 1.40 bits per heavy atom. The van der Waals surface area contributed by atoms with Crippen molar-refractivity contribution in [2.45, 2.75) is 13.1 Å². The van der Waals surface area contributed by atoms with Crippen LogP contribution in [0, 0.1) is 0 Å². The van der Waals surface area contributed by atoms with Crippen molar-refractivity contribution in [2.75, 3.05) is 0 Å². The van der Waals surface area contributed by atoms with Crippen LogP contribution in [0.25, 0.3) is 0 Å². The zero-order valence-electron chi connectivity index (χ0n) is 7.52. The normalized spacial score (nSPS) is 11.5. The van der Waals surface area contributed by atoms with E-state index in [1.54, 1.807) is 0 Å². The van der Waals surface area contributed by atoms with E-state index in [2.05, 4.69) is 0 Å². The summed E-state index contributed by atoms with van der Waals surface area (Å²) in [6.45, 7) is 0.954. The van der Waals surface area contributed by atoms with Gasteiger partial charge in [-0.3, -0.25) is 4.79 Å². The average molecular weight is 239 g/mol. The lowest BCUT2D eigenvalue weighted by Gasteiger charge is -2.13. The van der Waals surface area contributed by atoms with Gasteiger partial charge in [-0.05, 0) is 19.1 Å². The molecule has 6 heteroatoms. The second-order valence-electron chi connectivity index (χ2n) is 2.87. The van der Waals surface area contributed by atoms with Gasteiger partial charge in [0.2, 0.25) is 0 Å². The summed E-state index contributed by atoms with van der Waals surface area (Å²) in [4.78, 5) is 11.0. The van der Waals surface area contributed by atoms with Crippen molar-refractivity contribution in [3.8, 4) is 5.75 Å². The molecule has 1 N–H and O–H groups in total. The van der Waals surface area contributed by atoms with Gasteiger partial charge in [-0.25, -0.2) is 0 Å². The first-order valence-electron chi connectivity index (χ1n) is 3.84. The molecular formula is C9H6ClF3O2. The molecule has 2 nitrogen and oxygen atoms in total. The van der Waals surface area contributed by atoms with Gasteiger partial charge >= 0.3 is 6.18 Å². The van der Waals surface area contributed by atoms with Crippen LogP contribution in [-0.2, 0) is 6.18 Å². The molecule has 1 aromatic rings. The topological polar surface area (TPSA) is 37.3 Å². The molecule has 1 rings (SSSR count). The average Bonchev–Trinajstić information content (AvgIpc) is 2.05. The van der Waals surface area contributed by atoms with E-state index in [9.17, 15) is 18.0 Å². The van der Waals surface area contributed by atoms with Crippen LogP contribution in [0.2, 0.25) is 5.02 Å². The van der Waals surface area contributed by atoms with E-state index in [0.29, 0.717) is 0 Å². The third kappa shape index (κ3) is 2.23. The molecule has 0 amide bonds. The standard InChI is InChI=1S/C9H6ClF3O2/c1-4(14)7-5(10)2-3-6(15)8(7)9(11,12)13/h2-3,15H,1H3. The van der Waals surface area contributed by atoms with Crippen molar-refractivity contribution in [3.63, 3.8) is 0 Å². The van der Waals surface area contributed by atoms with Crippen LogP contribution >= 0.6 is 11.6 Å². The highest BCUT2D eigenvalue weighted by molar-refractivity contribution is 6.34. The molecule has 0 saturated heterocycles. The number of hydrogen-bond acceptors (Lipinski definition) is 2. The van der Waals surface area contributed by atoms with Gasteiger partial charge in [0, 0.05) is 0 Å². The predicted molar refractivity (Wildman–Crippen MR) is 48.1 cm³/mol. The van der Waals surface area contributed by atoms with E-state index in [4.69, 9.17) is 16.7 Å². The zero-order valence-corrected chi connectivity index (χ0v) is 8.28. The van der Waals surface area contributed by atoms with Crippen molar-refractivity contribution in [1.29, 1.82) is 0 Å². The van der Waals surface area contributed by atoms with Crippen LogP contribution in [0.5, 0.6) is 5.75 Å². The minimum Gasteiger partial charge on any atom is -0.507 e. The lowest BCUT2D eigenvalue weighted by Crippen LogP contribution is -2.12. The lowest BCUT2D eigenvalue weighted by molar-refractivity contribution is -0.139. The fourth-order valence-electron chi connectivity index (χ4n) is 1.20. The molecule has 0 fully saturated rings. The molecule has 0 aromatic heterocycles. The monoisotopic (exact) mass is 238 g/mol. The summed E-state index contributed by atoms with van der Waals surface area (Å²) in [5.41, 5.74) is -2.09. The maximum absolute atomic E-state index is 12.5. The van der Waals surface area contributed by atoms with E-state index in [-0.39, 0.29) is 5.02 Å². The molecule has 0 aliphatic heterocycles. The largest absolute Gasteiger partial charge is 0.507 e. The Bertz CT molecular complexity index is 413. The number of benzene rings is 1. The fraction of sp³-hybridized carbons (Fsp3) is 0.222. The summed E-state index contributed by atoms with van der Waals surface area (Å²) in [5.74, 6) is -1.85. The Balaban J connectivity index is 3.60. The number of aromatic hydroxyl groups is 1. The summed E-state index contributed by atoms with van der Waals surface area (Å²) in [5, 5.41) is 8.74. The van der Waals surface area contributed by atoms with Crippen LogP contribution < -0.4 is 0 Å². The van der Waals surface area contributed by atoms with Crippen LogP contribution in [0.15, 0.2) is 12.1 Å². The number of phenols is 1. The summed E-state index contributed by atoms with van der Waals surface area (Å²) in [7, 11) is 0. The highest BCUT2D eigenvalue weighted by Gasteiger charge is 2.38. The van der Waals surface area contributed by atoms with E-state index in [1.165, 1.54) is 0 Å². The summed E-state index contributed by atoms with van der Waals surface area (Å²) in [6.07, 6.45) is -4.81. The summed E-state index contributed by atoms with van der Waals surface area (Å²) < 4.78 is 37.4. The Hall–Kier alpha value is -1.23. The van der Waals surface area contributed by atoms with Gasteiger partial charge in [-0.2, -0.15) is 13.2 Å². The first kappa shape index (κ1) is 11.8. The van der Waals surface area contributed by atoms with Crippen molar-refractivity contribution in [2.24, 2.45) is 0 Å². The number of hydrogen-bond donors (Lipinski definition) is 1. The number of rotatable bonds is 1. The van der Waals surface area contributed by atoms with Crippen molar-refractivity contribution in [1.82, 2.24) is 0 Å². The van der Waals surface area contributed by atoms with Crippen LogP contribution in [0.3, 0.4) is 0 Å². The van der Waals surface area contributed by atoms with Crippen LogP contribution in [0.4, 0.5) is 13.2 Å². The molecule has 0 aliphatic carbocycles. The number of halogens is 4. The van der Waals surface area contributed by atoms with Gasteiger partial charge in [0.05, 0.1) is 10.6 Å². The number of carbonyl (C=O) groups excluding carboxylic acids is 1. The van der Waals surface area contributed by atoms with E-state index >= 15 is 0 Å². The minimum absolute atomic E-state index is 0.326. The first-order chi connectivity index (χ1) is 6.75. The molecule has 0 radical (unpaired) electrons. The third-order valence-corrected chi connectivity index (χ3v) is 2.08. The zero-order chi connectivity index (χ0) is 11.8.